The minimum atomic E-state index is -0.295. The van der Waals surface area contributed by atoms with Crippen molar-refractivity contribution in [1.82, 2.24) is 0 Å². The average molecular weight is 557 g/mol. The van der Waals surface area contributed by atoms with E-state index in [-0.39, 0.29) is 5.97 Å². The fourth-order valence-corrected chi connectivity index (χ4v) is 5.16. The molecule has 0 amide bonds. The molecular weight excluding hydrogens is 488 g/mol. The van der Waals surface area contributed by atoms with Gasteiger partial charge in [-0.2, -0.15) is 0 Å². The lowest BCUT2D eigenvalue weighted by atomic mass is 10.0. The molecule has 0 spiro atoms. The van der Waals surface area contributed by atoms with Crippen molar-refractivity contribution < 1.29 is 9.53 Å². The second kappa shape index (κ2) is 35.5. The van der Waals surface area contributed by atoms with E-state index < -0.39 is 0 Å². The van der Waals surface area contributed by atoms with Gasteiger partial charge in [-0.3, -0.25) is 0 Å². The molecule has 0 heterocycles. The Morgan fingerprint density at radius 3 is 1.12 bits per heavy atom. The van der Waals surface area contributed by atoms with Crippen molar-refractivity contribution in [3.05, 3.63) is 48.6 Å². The van der Waals surface area contributed by atoms with Crippen molar-refractivity contribution >= 4 is 5.97 Å². The molecule has 0 fully saturated rings. The van der Waals surface area contributed by atoms with Gasteiger partial charge in [-0.1, -0.05) is 204 Å². The standard InChI is InChI=1S/C38H68O2/c1-3-5-6-7-8-9-10-11-12-13-14-15-16-17-18-19-20-21-22-23-24-25-26-27-28-29-30-31-32-33-34-35-36-37-38(39)40-4-2/h30-37H,3-29H2,1-2H3. The third-order valence-electron chi connectivity index (χ3n) is 7.68. The molecule has 232 valence electrons. The Hall–Kier alpha value is -1.57. The summed E-state index contributed by atoms with van der Waals surface area (Å²) in [6.45, 7) is 4.52. The van der Waals surface area contributed by atoms with Gasteiger partial charge in [-0.25, -0.2) is 4.79 Å². The highest BCUT2D eigenvalue weighted by atomic mass is 16.5. The van der Waals surface area contributed by atoms with Crippen molar-refractivity contribution in [2.75, 3.05) is 6.61 Å². The Morgan fingerprint density at radius 2 is 0.750 bits per heavy atom. The average Bonchev–Trinajstić information content (AvgIpc) is 2.95. The number of allylic oxidation sites excluding steroid dienone is 7. The molecular formula is C38H68O2. The normalized spacial score (nSPS) is 12.2. The number of rotatable bonds is 31. The largest absolute Gasteiger partial charge is 0.463 e. The van der Waals surface area contributed by atoms with Gasteiger partial charge in [0.1, 0.15) is 0 Å². The molecule has 0 saturated heterocycles. The molecule has 0 aromatic heterocycles. The van der Waals surface area contributed by atoms with Crippen LogP contribution in [0.3, 0.4) is 0 Å². The fourth-order valence-electron chi connectivity index (χ4n) is 5.16. The van der Waals surface area contributed by atoms with Crippen LogP contribution >= 0.6 is 0 Å². The van der Waals surface area contributed by atoms with E-state index in [1.165, 1.54) is 167 Å². The van der Waals surface area contributed by atoms with Crippen LogP contribution in [0.4, 0.5) is 0 Å². The molecule has 0 saturated carbocycles. The van der Waals surface area contributed by atoms with Crippen molar-refractivity contribution in [1.29, 1.82) is 0 Å². The number of esters is 1. The minimum Gasteiger partial charge on any atom is -0.463 e. The molecule has 0 radical (unpaired) electrons. The Bertz CT molecular complexity index is 613. The molecule has 0 aliphatic carbocycles. The number of carbonyl (C=O) groups excluding carboxylic acids is 1. The molecule has 2 nitrogen and oxygen atoms in total. The van der Waals surface area contributed by atoms with Gasteiger partial charge in [0.15, 0.2) is 0 Å². The molecule has 0 N–H and O–H groups in total. The summed E-state index contributed by atoms with van der Waals surface area (Å²) in [7, 11) is 0. The van der Waals surface area contributed by atoms with E-state index >= 15 is 0 Å². The molecule has 0 bridgehead atoms. The summed E-state index contributed by atoms with van der Waals surface area (Å²) in [6, 6.07) is 0. The first kappa shape index (κ1) is 38.4. The summed E-state index contributed by atoms with van der Waals surface area (Å²) in [5.41, 5.74) is 0. The predicted molar refractivity (Wildman–Crippen MR) is 179 cm³/mol. The predicted octanol–water partition coefficient (Wildman–Crippen LogP) is 12.9. The quantitative estimate of drug-likeness (QED) is 0.0367. The third kappa shape index (κ3) is 34.5. The van der Waals surface area contributed by atoms with Crippen LogP contribution in [0.25, 0.3) is 0 Å². The summed E-state index contributed by atoms with van der Waals surface area (Å²) in [6.07, 6.45) is 52.5. The van der Waals surface area contributed by atoms with E-state index in [1.807, 2.05) is 24.3 Å². The molecule has 0 aromatic rings. The smallest absolute Gasteiger partial charge is 0.330 e. The maximum Gasteiger partial charge on any atom is 0.330 e. The van der Waals surface area contributed by atoms with Gasteiger partial charge in [0, 0.05) is 6.08 Å². The van der Waals surface area contributed by atoms with Crippen molar-refractivity contribution in [2.24, 2.45) is 0 Å². The van der Waals surface area contributed by atoms with E-state index in [0.717, 1.165) is 6.42 Å². The lowest BCUT2D eigenvalue weighted by molar-refractivity contribution is -0.137. The SMILES string of the molecule is CCCCCCCCCCCCCCCCCCCCCCCCCCCC=CC=CC=CC=CC(=O)OCC. The van der Waals surface area contributed by atoms with Gasteiger partial charge >= 0.3 is 5.97 Å². The zero-order valence-electron chi connectivity index (χ0n) is 27.0. The number of carbonyl (C=O) groups is 1. The molecule has 0 aliphatic heterocycles. The first-order valence-corrected chi connectivity index (χ1v) is 17.6. The highest BCUT2D eigenvalue weighted by Crippen LogP contribution is 2.16. The first-order valence-electron chi connectivity index (χ1n) is 17.6. The molecule has 0 atom stereocenters. The van der Waals surface area contributed by atoms with Crippen LogP contribution in [-0.4, -0.2) is 12.6 Å². The summed E-state index contributed by atoms with van der Waals surface area (Å²) in [4.78, 5) is 11.1. The molecule has 0 aliphatic rings. The molecule has 0 rings (SSSR count). The fraction of sp³-hybridized carbons (Fsp3) is 0.763. The lowest BCUT2D eigenvalue weighted by Gasteiger charge is -2.04. The van der Waals surface area contributed by atoms with Crippen molar-refractivity contribution in [2.45, 2.75) is 181 Å². The Labute approximate surface area is 251 Å². The van der Waals surface area contributed by atoms with Crippen LogP contribution < -0.4 is 0 Å². The number of unbranched alkanes of at least 4 members (excludes halogenated alkanes) is 25. The maximum atomic E-state index is 11.1. The number of ether oxygens (including phenoxy) is 1. The van der Waals surface area contributed by atoms with Crippen LogP contribution in [-0.2, 0) is 9.53 Å². The number of hydrogen-bond acceptors (Lipinski definition) is 2. The second-order valence-electron chi connectivity index (χ2n) is 11.6. The summed E-state index contributed by atoms with van der Waals surface area (Å²) in [5, 5.41) is 0. The van der Waals surface area contributed by atoms with E-state index in [9.17, 15) is 4.79 Å². The topological polar surface area (TPSA) is 26.3 Å². The minimum absolute atomic E-state index is 0.295. The van der Waals surface area contributed by atoms with Crippen LogP contribution in [0.1, 0.15) is 181 Å². The lowest BCUT2D eigenvalue weighted by Crippen LogP contribution is -1.98. The van der Waals surface area contributed by atoms with Crippen LogP contribution in [0.15, 0.2) is 48.6 Å². The maximum absolute atomic E-state index is 11.1. The Morgan fingerprint density at radius 1 is 0.425 bits per heavy atom. The van der Waals surface area contributed by atoms with Gasteiger partial charge in [0.05, 0.1) is 6.61 Å². The summed E-state index contributed by atoms with van der Waals surface area (Å²) < 4.78 is 4.82. The molecule has 40 heavy (non-hydrogen) atoms. The van der Waals surface area contributed by atoms with Gasteiger partial charge in [0.25, 0.3) is 0 Å². The molecule has 0 unspecified atom stereocenters. The zero-order chi connectivity index (χ0) is 29.0. The van der Waals surface area contributed by atoms with E-state index in [0.29, 0.717) is 6.61 Å². The van der Waals surface area contributed by atoms with Crippen molar-refractivity contribution in [3.8, 4) is 0 Å². The highest BCUT2D eigenvalue weighted by molar-refractivity contribution is 5.82. The summed E-state index contributed by atoms with van der Waals surface area (Å²) in [5.74, 6) is -0.295. The number of hydrogen-bond donors (Lipinski definition) is 0. The Kier molecular flexibility index (Phi) is 34.1. The van der Waals surface area contributed by atoms with E-state index in [1.54, 1.807) is 13.0 Å². The van der Waals surface area contributed by atoms with Gasteiger partial charge < -0.3 is 4.74 Å². The van der Waals surface area contributed by atoms with Crippen molar-refractivity contribution in [3.63, 3.8) is 0 Å². The van der Waals surface area contributed by atoms with Crippen LogP contribution in [0, 0.1) is 0 Å². The molecule has 2 heteroatoms. The van der Waals surface area contributed by atoms with Gasteiger partial charge in [-0.05, 0) is 19.8 Å². The van der Waals surface area contributed by atoms with E-state index in [2.05, 4.69) is 19.1 Å². The monoisotopic (exact) mass is 557 g/mol. The van der Waals surface area contributed by atoms with Crippen LogP contribution in [0.5, 0.6) is 0 Å². The van der Waals surface area contributed by atoms with Gasteiger partial charge in [0.2, 0.25) is 0 Å². The van der Waals surface area contributed by atoms with E-state index in [4.69, 9.17) is 4.74 Å². The first-order chi connectivity index (χ1) is 19.8. The third-order valence-corrected chi connectivity index (χ3v) is 7.68. The Balaban J connectivity index is 3.20. The highest BCUT2D eigenvalue weighted by Gasteiger charge is 1.96. The zero-order valence-corrected chi connectivity index (χ0v) is 27.0. The van der Waals surface area contributed by atoms with Crippen LogP contribution in [0.2, 0.25) is 0 Å². The summed E-state index contributed by atoms with van der Waals surface area (Å²) >= 11 is 0. The molecule has 0 aromatic carbocycles. The van der Waals surface area contributed by atoms with Gasteiger partial charge in [-0.15, -0.1) is 0 Å². The second-order valence-corrected chi connectivity index (χ2v) is 11.6.